The molecule has 2 saturated heterocycles. The van der Waals surface area contributed by atoms with Crippen molar-refractivity contribution in [3.8, 4) is 5.75 Å². The zero-order valence-corrected chi connectivity index (χ0v) is 16.5. The Hall–Kier alpha value is -1.75. The molecule has 1 aromatic carbocycles. The van der Waals surface area contributed by atoms with Crippen molar-refractivity contribution in [2.24, 2.45) is 5.92 Å². The van der Waals surface area contributed by atoms with Gasteiger partial charge in [0.2, 0.25) is 5.91 Å². The molecule has 2 aliphatic heterocycles. The number of rotatable bonds is 3. The van der Waals surface area contributed by atoms with E-state index in [0.29, 0.717) is 16.7 Å². The van der Waals surface area contributed by atoms with Crippen LogP contribution in [0.4, 0.5) is 0 Å². The van der Waals surface area contributed by atoms with E-state index >= 15 is 0 Å². The van der Waals surface area contributed by atoms with Crippen molar-refractivity contribution in [2.75, 3.05) is 19.6 Å². The molecule has 2 amide bonds. The van der Waals surface area contributed by atoms with Gasteiger partial charge in [0.1, 0.15) is 5.75 Å². The predicted octanol–water partition coefficient (Wildman–Crippen LogP) is 3.28. The summed E-state index contributed by atoms with van der Waals surface area (Å²) >= 11 is 5.99. The molecule has 0 saturated carbocycles. The average Bonchev–Trinajstić information content (AvgIpc) is 2.62. The zero-order chi connectivity index (χ0) is 18.8. The van der Waals surface area contributed by atoms with Crippen molar-refractivity contribution in [1.29, 1.82) is 0 Å². The van der Waals surface area contributed by atoms with Crippen molar-refractivity contribution in [2.45, 2.75) is 52.2 Å². The molecule has 2 aliphatic rings. The van der Waals surface area contributed by atoms with Gasteiger partial charge in [-0.1, -0.05) is 11.6 Å². The highest BCUT2D eigenvalue weighted by molar-refractivity contribution is 6.30. The van der Waals surface area contributed by atoms with Crippen LogP contribution >= 0.6 is 11.6 Å². The number of carbonyl (C=O) groups is 2. The molecule has 0 spiro atoms. The monoisotopic (exact) mass is 378 g/mol. The summed E-state index contributed by atoms with van der Waals surface area (Å²) in [5, 5.41) is 0.657. The van der Waals surface area contributed by atoms with Crippen LogP contribution in [0.25, 0.3) is 0 Å². The minimum Gasteiger partial charge on any atom is -0.481 e. The third-order valence-electron chi connectivity index (χ3n) is 5.58. The second kappa shape index (κ2) is 7.87. The lowest BCUT2D eigenvalue weighted by Crippen LogP contribution is -2.58. The standard InChI is InChI=1S/C20H27ClN2O3/c1-13-11-17(21)6-7-19(13)26-14(2)20(25)23-9-4-5-16-12-22(15(3)24)10-8-18(16)23/h6-7,11,14,16,18H,4-5,8-10,12H2,1-3H3/t14?,16-,18+/m1/s1. The maximum atomic E-state index is 13.0. The molecule has 0 aliphatic carbocycles. The molecule has 0 radical (unpaired) electrons. The summed E-state index contributed by atoms with van der Waals surface area (Å²) in [4.78, 5) is 28.6. The number of benzene rings is 1. The number of halogens is 1. The van der Waals surface area contributed by atoms with Crippen LogP contribution in [0, 0.1) is 12.8 Å². The lowest BCUT2D eigenvalue weighted by atomic mass is 9.83. The summed E-state index contributed by atoms with van der Waals surface area (Å²) in [6.07, 6.45) is 2.36. The maximum Gasteiger partial charge on any atom is 0.263 e. The molecular formula is C20H27ClN2O3. The quantitative estimate of drug-likeness (QED) is 0.811. The second-order valence-corrected chi connectivity index (χ2v) is 7.86. The number of nitrogens with zero attached hydrogens (tertiary/aromatic N) is 2. The molecular weight excluding hydrogens is 352 g/mol. The van der Waals surface area contributed by atoms with Gasteiger partial charge in [-0.2, -0.15) is 0 Å². The van der Waals surface area contributed by atoms with Crippen molar-refractivity contribution in [1.82, 2.24) is 9.80 Å². The first-order valence-electron chi connectivity index (χ1n) is 9.35. The number of likely N-dealkylation sites (tertiary alicyclic amines) is 2. The Labute approximate surface area is 160 Å². The van der Waals surface area contributed by atoms with E-state index in [2.05, 4.69) is 0 Å². The fourth-order valence-corrected chi connectivity index (χ4v) is 4.41. The Bertz CT molecular complexity index is 694. The molecule has 142 valence electrons. The van der Waals surface area contributed by atoms with E-state index in [1.54, 1.807) is 13.0 Å². The Balaban J connectivity index is 1.67. The molecule has 1 aromatic rings. The lowest BCUT2D eigenvalue weighted by molar-refractivity contribution is -0.146. The topological polar surface area (TPSA) is 49.9 Å². The zero-order valence-electron chi connectivity index (χ0n) is 15.7. The summed E-state index contributed by atoms with van der Waals surface area (Å²) in [7, 11) is 0. The van der Waals surface area contributed by atoms with Crippen LogP contribution in [0.5, 0.6) is 5.75 Å². The number of hydrogen-bond donors (Lipinski definition) is 0. The first kappa shape index (κ1) is 19.0. The summed E-state index contributed by atoms with van der Waals surface area (Å²) < 4.78 is 5.94. The van der Waals surface area contributed by atoms with E-state index in [9.17, 15) is 9.59 Å². The van der Waals surface area contributed by atoms with Crippen molar-refractivity contribution >= 4 is 23.4 Å². The third kappa shape index (κ3) is 3.98. The van der Waals surface area contributed by atoms with E-state index < -0.39 is 6.10 Å². The van der Waals surface area contributed by atoms with Gasteiger partial charge < -0.3 is 14.5 Å². The molecule has 2 heterocycles. The number of piperidine rings is 2. The Kier molecular flexibility index (Phi) is 5.76. The number of hydrogen-bond acceptors (Lipinski definition) is 3. The minimum atomic E-state index is -0.542. The van der Waals surface area contributed by atoms with Gasteiger partial charge in [0.05, 0.1) is 0 Å². The fourth-order valence-electron chi connectivity index (χ4n) is 4.18. The van der Waals surface area contributed by atoms with Gasteiger partial charge in [0, 0.05) is 37.6 Å². The fraction of sp³-hybridized carbons (Fsp3) is 0.600. The van der Waals surface area contributed by atoms with Gasteiger partial charge in [-0.3, -0.25) is 9.59 Å². The molecule has 2 fully saturated rings. The number of aryl methyl sites for hydroxylation is 1. The largest absolute Gasteiger partial charge is 0.481 e. The van der Waals surface area contributed by atoms with Crippen LogP contribution < -0.4 is 4.74 Å². The SMILES string of the molecule is CC(=O)N1CC[C@H]2[C@H](CCCN2C(=O)C(C)Oc2ccc(Cl)cc2C)C1. The Morgan fingerprint density at radius 3 is 2.73 bits per heavy atom. The molecule has 6 heteroatoms. The van der Waals surface area contributed by atoms with E-state index in [1.807, 2.05) is 35.8 Å². The normalized spacial score (nSPS) is 24.0. The summed E-state index contributed by atoms with van der Waals surface area (Å²) in [6.45, 7) is 7.61. The molecule has 1 unspecified atom stereocenters. The van der Waals surface area contributed by atoms with Crippen LogP contribution in [0.2, 0.25) is 5.02 Å². The van der Waals surface area contributed by atoms with Gasteiger partial charge in [0.15, 0.2) is 6.10 Å². The van der Waals surface area contributed by atoms with Gasteiger partial charge in [-0.05, 0) is 62.8 Å². The van der Waals surface area contributed by atoms with Gasteiger partial charge in [0.25, 0.3) is 5.91 Å². The van der Waals surface area contributed by atoms with Gasteiger partial charge >= 0.3 is 0 Å². The molecule has 3 atom stereocenters. The second-order valence-electron chi connectivity index (χ2n) is 7.42. The number of amides is 2. The van der Waals surface area contributed by atoms with Crippen LogP contribution in [-0.2, 0) is 9.59 Å². The van der Waals surface area contributed by atoms with Crippen LogP contribution in [0.1, 0.15) is 38.7 Å². The van der Waals surface area contributed by atoms with Crippen LogP contribution in [0.15, 0.2) is 18.2 Å². The lowest BCUT2D eigenvalue weighted by Gasteiger charge is -2.47. The first-order valence-corrected chi connectivity index (χ1v) is 9.73. The summed E-state index contributed by atoms with van der Waals surface area (Å²) in [5.74, 6) is 1.22. The number of ether oxygens (including phenoxy) is 1. The van der Waals surface area contributed by atoms with E-state index in [-0.39, 0.29) is 17.9 Å². The van der Waals surface area contributed by atoms with Crippen molar-refractivity contribution in [3.63, 3.8) is 0 Å². The van der Waals surface area contributed by atoms with Crippen LogP contribution in [0.3, 0.4) is 0 Å². The molecule has 26 heavy (non-hydrogen) atoms. The third-order valence-corrected chi connectivity index (χ3v) is 5.82. The molecule has 5 nitrogen and oxygen atoms in total. The maximum absolute atomic E-state index is 13.0. The summed E-state index contributed by atoms with van der Waals surface area (Å²) in [6, 6.07) is 5.63. The highest BCUT2D eigenvalue weighted by atomic mass is 35.5. The van der Waals surface area contributed by atoms with E-state index in [4.69, 9.17) is 16.3 Å². The Morgan fingerprint density at radius 2 is 2.04 bits per heavy atom. The number of fused-ring (bicyclic) bond motifs is 1. The van der Waals surface area contributed by atoms with Crippen molar-refractivity contribution < 1.29 is 14.3 Å². The summed E-state index contributed by atoms with van der Waals surface area (Å²) in [5.41, 5.74) is 0.920. The highest BCUT2D eigenvalue weighted by Gasteiger charge is 2.40. The molecule has 3 rings (SSSR count). The first-order chi connectivity index (χ1) is 12.4. The van der Waals surface area contributed by atoms with Gasteiger partial charge in [-0.15, -0.1) is 0 Å². The minimum absolute atomic E-state index is 0.0327. The molecule has 0 N–H and O–H groups in total. The van der Waals surface area contributed by atoms with E-state index in [0.717, 1.165) is 44.5 Å². The molecule has 0 bridgehead atoms. The Morgan fingerprint density at radius 1 is 1.27 bits per heavy atom. The predicted molar refractivity (Wildman–Crippen MR) is 101 cm³/mol. The van der Waals surface area contributed by atoms with E-state index in [1.165, 1.54) is 0 Å². The smallest absolute Gasteiger partial charge is 0.263 e. The number of carbonyl (C=O) groups excluding carboxylic acids is 2. The molecule has 0 aromatic heterocycles. The van der Waals surface area contributed by atoms with Crippen molar-refractivity contribution in [3.05, 3.63) is 28.8 Å². The van der Waals surface area contributed by atoms with Gasteiger partial charge in [-0.25, -0.2) is 0 Å². The average molecular weight is 379 g/mol. The van der Waals surface area contributed by atoms with Crippen LogP contribution in [-0.4, -0.2) is 53.4 Å². The highest BCUT2D eigenvalue weighted by Crippen LogP contribution is 2.32.